The van der Waals surface area contributed by atoms with Gasteiger partial charge in [0.05, 0.1) is 18.1 Å². The minimum absolute atomic E-state index is 0. The van der Waals surface area contributed by atoms with Gasteiger partial charge in [0, 0.05) is 5.69 Å². The van der Waals surface area contributed by atoms with E-state index in [0.717, 1.165) is 5.56 Å². The van der Waals surface area contributed by atoms with Crippen LogP contribution in [0.2, 0.25) is 0 Å². The van der Waals surface area contributed by atoms with Gasteiger partial charge in [0.2, 0.25) is 5.91 Å². The molecule has 0 spiro atoms. The number of aromatic hydroxyl groups is 1. The molecule has 2 N–H and O–H groups in total. The van der Waals surface area contributed by atoms with Crippen LogP contribution in [0.5, 0.6) is 5.75 Å². The molecule has 1 aliphatic rings. The molecule has 3 aromatic rings. The summed E-state index contributed by atoms with van der Waals surface area (Å²) >= 11 is 0. The van der Waals surface area contributed by atoms with E-state index in [0.29, 0.717) is 24.1 Å². The molecule has 0 aromatic heterocycles. The van der Waals surface area contributed by atoms with Crippen molar-refractivity contribution in [2.24, 2.45) is 5.92 Å². The lowest BCUT2D eigenvalue weighted by Gasteiger charge is -2.48. The average molecular weight is 478 g/mol. The highest BCUT2D eigenvalue weighted by Gasteiger charge is 2.48. The average Bonchev–Trinajstić information content (AvgIpc) is 2.74. The predicted molar refractivity (Wildman–Crippen MR) is 130 cm³/mol. The Labute approximate surface area is 199 Å². The van der Waals surface area contributed by atoms with Crippen molar-refractivity contribution < 1.29 is 23.8 Å². The number of benzene rings is 3. The number of aliphatic hydroxyl groups excluding tert-OH is 1. The highest BCUT2D eigenvalue weighted by Crippen LogP contribution is 2.46. The maximum atomic E-state index is 13.3. The fraction of sp³-hybridized carbons (Fsp3) is 0.208. The highest BCUT2D eigenvalue weighted by molar-refractivity contribution is 7.59. The Balaban J connectivity index is 0.00000181. The van der Waals surface area contributed by atoms with Crippen LogP contribution >= 0.6 is 27.0 Å². The smallest absolute Gasteiger partial charge is 0.233 e. The largest absolute Gasteiger partial charge is 0.508 e. The number of hydrogen-bond donors (Lipinski definition) is 2. The molecule has 1 saturated heterocycles. The lowest BCUT2D eigenvalue weighted by molar-refractivity contribution is -0.131. The molecule has 4 rings (SSSR count). The van der Waals surface area contributed by atoms with Gasteiger partial charge < -0.3 is 15.1 Å². The van der Waals surface area contributed by atoms with Crippen LogP contribution in [0, 0.1) is 17.6 Å². The van der Waals surface area contributed by atoms with Crippen molar-refractivity contribution in [3.63, 3.8) is 0 Å². The zero-order valence-corrected chi connectivity index (χ0v) is 19.1. The van der Waals surface area contributed by atoms with Crippen LogP contribution < -0.4 is 4.90 Å². The molecule has 0 bridgehead atoms. The minimum Gasteiger partial charge on any atom is -0.508 e. The summed E-state index contributed by atoms with van der Waals surface area (Å²) in [6.45, 7) is 0. The number of hydrogen-bond acceptors (Lipinski definition) is 3. The van der Waals surface area contributed by atoms with Crippen LogP contribution in [0.15, 0.2) is 72.8 Å². The third kappa shape index (κ3) is 5.26. The summed E-state index contributed by atoms with van der Waals surface area (Å²) in [4.78, 5) is 14.6. The Hall–Kier alpha value is -2.55. The molecule has 3 aromatic carbocycles. The van der Waals surface area contributed by atoms with Crippen LogP contribution in [-0.2, 0) is 4.79 Å². The normalized spacial score (nSPS) is 18.2. The first-order valence-electron chi connectivity index (χ1n) is 9.75. The summed E-state index contributed by atoms with van der Waals surface area (Å²) in [5.74, 6) is -1.10. The fourth-order valence-electron chi connectivity index (χ4n) is 3.96. The second kappa shape index (κ2) is 10.8. The second-order valence-corrected chi connectivity index (χ2v) is 7.47. The number of nitrogens with zero attached hydrogens (tertiary/aromatic N) is 1. The highest BCUT2D eigenvalue weighted by atomic mass is 32.1. The zero-order chi connectivity index (χ0) is 21.3. The molecule has 0 aliphatic carbocycles. The van der Waals surface area contributed by atoms with Gasteiger partial charge in [0.25, 0.3) is 0 Å². The Bertz CT molecular complexity index is 1030. The van der Waals surface area contributed by atoms with Crippen molar-refractivity contribution in [2.75, 3.05) is 4.90 Å². The first kappa shape index (κ1) is 25.7. The maximum Gasteiger partial charge on any atom is 0.233 e. The number of amides is 1. The molecule has 0 saturated carbocycles. The SMILES string of the molecule is O=C1C(CC[C@H](O)c2ccc(F)cc2)[C@@H](c2ccc(O)cc2)N1c1ccc(F)cc1.S.S. The van der Waals surface area contributed by atoms with Crippen molar-refractivity contribution in [2.45, 2.75) is 25.0 Å². The summed E-state index contributed by atoms with van der Waals surface area (Å²) < 4.78 is 26.4. The lowest BCUT2D eigenvalue weighted by atomic mass is 9.78. The predicted octanol–water partition coefficient (Wildman–Crippen LogP) is 5.11. The molecule has 1 heterocycles. The van der Waals surface area contributed by atoms with Gasteiger partial charge in [0.15, 0.2) is 0 Å². The number of phenols is 1. The van der Waals surface area contributed by atoms with E-state index in [1.807, 2.05) is 0 Å². The van der Waals surface area contributed by atoms with Gasteiger partial charge in [-0.15, -0.1) is 0 Å². The van der Waals surface area contributed by atoms with Gasteiger partial charge >= 0.3 is 0 Å². The number of halogens is 2. The zero-order valence-electron chi connectivity index (χ0n) is 17.1. The molecular weight excluding hydrogens is 452 g/mol. The van der Waals surface area contributed by atoms with Gasteiger partial charge in [-0.3, -0.25) is 4.79 Å². The van der Waals surface area contributed by atoms with Crippen LogP contribution in [0.1, 0.15) is 36.1 Å². The Morgan fingerprint density at radius 1 is 0.844 bits per heavy atom. The van der Waals surface area contributed by atoms with E-state index in [2.05, 4.69) is 0 Å². The Morgan fingerprint density at radius 2 is 1.38 bits per heavy atom. The van der Waals surface area contributed by atoms with Crippen LogP contribution in [0.25, 0.3) is 0 Å². The van der Waals surface area contributed by atoms with Crippen LogP contribution in [0.4, 0.5) is 14.5 Å². The van der Waals surface area contributed by atoms with Gasteiger partial charge in [-0.2, -0.15) is 27.0 Å². The van der Waals surface area contributed by atoms with E-state index in [1.165, 1.54) is 36.4 Å². The summed E-state index contributed by atoms with van der Waals surface area (Å²) in [7, 11) is 0. The van der Waals surface area contributed by atoms with E-state index in [-0.39, 0.29) is 62.2 Å². The molecular formula is C24H25F2NO3S2. The van der Waals surface area contributed by atoms with Crippen molar-refractivity contribution in [1.29, 1.82) is 0 Å². The first-order chi connectivity index (χ1) is 14.4. The molecule has 0 radical (unpaired) electrons. The molecule has 8 heteroatoms. The molecule has 1 amide bonds. The summed E-state index contributed by atoms with van der Waals surface area (Å²) in [5.41, 5.74) is 2.03. The van der Waals surface area contributed by atoms with Crippen molar-refractivity contribution in [3.05, 3.63) is 95.6 Å². The van der Waals surface area contributed by atoms with Crippen molar-refractivity contribution in [3.8, 4) is 5.75 Å². The van der Waals surface area contributed by atoms with Crippen molar-refractivity contribution in [1.82, 2.24) is 0 Å². The molecule has 1 fully saturated rings. The first-order valence-corrected chi connectivity index (χ1v) is 9.75. The van der Waals surface area contributed by atoms with E-state index in [1.54, 1.807) is 41.3 Å². The number of anilines is 1. The standard InChI is InChI=1S/C24H21F2NO3.2H2S/c25-17-5-1-15(2-6-17)22(29)14-13-21-23(16-3-11-20(28)12-4-16)27(24(21)30)19-9-7-18(26)8-10-19;;/h1-12,21-23,28-29H,13-14H2;2*1H2/t21?,22-,23+;;/m0../s1. The monoisotopic (exact) mass is 477 g/mol. The molecule has 3 atom stereocenters. The number of rotatable bonds is 6. The van der Waals surface area contributed by atoms with Crippen molar-refractivity contribution >= 4 is 38.6 Å². The van der Waals surface area contributed by atoms with E-state index in [9.17, 15) is 23.8 Å². The van der Waals surface area contributed by atoms with E-state index in [4.69, 9.17) is 0 Å². The molecule has 1 aliphatic heterocycles. The third-order valence-electron chi connectivity index (χ3n) is 5.56. The van der Waals surface area contributed by atoms with Gasteiger partial charge in [-0.25, -0.2) is 8.78 Å². The second-order valence-electron chi connectivity index (χ2n) is 7.47. The topological polar surface area (TPSA) is 60.8 Å². The number of aliphatic hydroxyl groups is 1. The lowest BCUT2D eigenvalue weighted by Crippen LogP contribution is -2.55. The Morgan fingerprint density at radius 3 is 1.94 bits per heavy atom. The van der Waals surface area contributed by atoms with Crippen LogP contribution in [-0.4, -0.2) is 16.1 Å². The Kier molecular flexibility index (Phi) is 8.72. The summed E-state index contributed by atoms with van der Waals surface area (Å²) in [5, 5.41) is 20.1. The van der Waals surface area contributed by atoms with Gasteiger partial charge in [-0.05, 0) is 72.5 Å². The number of phenolic OH excluding ortho intramolecular Hbond substituents is 1. The number of carbonyl (C=O) groups excluding carboxylic acids is 1. The molecule has 1 unspecified atom stereocenters. The maximum absolute atomic E-state index is 13.3. The molecule has 4 nitrogen and oxygen atoms in total. The third-order valence-corrected chi connectivity index (χ3v) is 5.56. The fourth-order valence-corrected chi connectivity index (χ4v) is 3.96. The summed E-state index contributed by atoms with van der Waals surface area (Å²) in [6, 6.07) is 17.7. The summed E-state index contributed by atoms with van der Waals surface area (Å²) in [6.07, 6.45) is -0.0344. The number of carbonyl (C=O) groups is 1. The minimum atomic E-state index is -0.807. The van der Waals surface area contributed by atoms with E-state index >= 15 is 0 Å². The van der Waals surface area contributed by atoms with Gasteiger partial charge in [0.1, 0.15) is 17.4 Å². The number of β-lactam (4-membered cyclic amide) rings is 1. The van der Waals surface area contributed by atoms with Crippen LogP contribution in [0.3, 0.4) is 0 Å². The molecule has 32 heavy (non-hydrogen) atoms. The molecule has 170 valence electrons. The quantitative estimate of drug-likeness (QED) is 0.485. The van der Waals surface area contributed by atoms with E-state index < -0.39 is 6.10 Å². The van der Waals surface area contributed by atoms with Gasteiger partial charge in [-0.1, -0.05) is 24.3 Å².